The molecular formula is C11H13NO2. The van der Waals surface area contributed by atoms with E-state index in [4.69, 9.17) is 15.2 Å². The Hall–Kier alpha value is -1.22. The number of hydrogen-bond donors (Lipinski definition) is 1. The summed E-state index contributed by atoms with van der Waals surface area (Å²) in [6, 6.07) is 2.02. The third-order valence-electron chi connectivity index (χ3n) is 3.01. The van der Waals surface area contributed by atoms with E-state index in [9.17, 15) is 0 Å². The molecule has 0 aliphatic carbocycles. The van der Waals surface area contributed by atoms with Gasteiger partial charge in [-0.15, -0.1) is 0 Å². The highest BCUT2D eigenvalue weighted by Crippen LogP contribution is 2.39. The number of nitrogens with two attached hydrogens (primary N) is 1. The second-order valence-corrected chi connectivity index (χ2v) is 3.71. The topological polar surface area (TPSA) is 44.5 Å². The Labute approximate surface area is 82.8 Å². The Morgan fingerprint density at radius 2 is 1.64 bits per heavy atom. The molecule has 2 heterocycles. The van der Waals surface area contributed by atoms with Gasteiger partial charge < -0.3 is 15.2 Å². The first kappa shape index (κ1) is 8.12. The Morgan fingerprint density at radius 3 is 2.14 bits per heavy atom. The van der Waals surface area contributed by atoms with E-state index in [-0.39, 0.29) is 0 Å². The SMILES string of the molecule is NCc1c2c(cc3c1CCO3)OCC2. The van der Waals surface area contributed by atoms with Crippen molar-refractivity contribution in [2.24, 2.45) is 5.73 Å². The third-order valence-corrected chi connectivity index (χ3v) is 3.01. The summed E-state index contributed by atoms with van der Waals surface area (Å²) >= 11 is 0. The van der Waals surface area contributed by atoms with Crippen LogP contribution in [0.4, 0.5) is 0 Å². The van der Waals surface area contributed by atoms with Crippen molar-refractivity contribution in [1.29, 1.82) is 0 Å². The molecule has 14 heavy (non-hydrogen) atoms. The predicted molar refractivity (Wildman–Crippen MR) is 52.7 cm³/mol. The maximum atomic E-state index is 5.78. The highest BCUT2D eigenvalue weighted by atomic mass is 16.5. The summed E-state index contributed by atoms with van der Waals surface area (Å²) in [5, 5.41) is 0. The molecule has 0 unspecified atom stereocenters. The van der Waals surface area contributed by atoms with Crippen molar-refractivity contribution in [1.82, 2.24) is 0 Å². The van der Waals surface area contributed by atoms with Crippen molar-refractivity contribution in [3.05, 3.63) is 22.8 Å². The average molecular weight is 191 g/mol. The van der Waals surface area contributed by atoms with Gasteiger partial charge in [-0.2, -0.15) is 0 Å². The van der Waals surface area contributed by atoms with Crippen LogP contribution in [-0.2, 0) is 19.4 Å². The molecule has 0 amide bonds. The zero-order chi connectivity index (χ0) is 9.54. The molecule has 0 fully saturated rings. The van der Waals surface area contributed by atoms with Gasteiger partial charge in [-0.25, -0.2) is 0 Å². The van der Waals surface area contributed by atoms with Crippen LogP contribution in [-0.4, -0.2) is 13.2 Å². The van der Waals surface area contributed by atoms with Gasteiger partial charge in [-0.3, -0.25) is 0 Å². The van der Waals surface area contributed by atoms with Crippen molar-refractivity contribution in [2.45, 2.75) is 19.4 Å². The molecule has 0 bridgehead atoms. The number of rotatable bonds is 1. The molecule has 1 aromatic rings. The van der Waals surface area contributed by atoms with Crippen LogP contribution in [0, 0.1) is 0 Å². The summed E-state index contributed by atoms with van der Waals surface area (Å²) in [7, 11) is 0. The monoisotopic (exact) mass is 191 g/mol. The minimum Gasteiger partial charge on any atom is -0.493 e. The Morgan fingerprint density at radius 1 is 1.07 bits per heavy atom. The van der Waals surface area contributed by atoms with E-state index in [0.29, 0.717) is 6.54 Å². The fraction of sp³-hybridized carbons (Fsp3) is 0.455. The van der Waals surface area contributed by atoms with Crippen LogP contribution in [0.25, 0.3) is 0 Å². The summed E-state index contributed by atoms with van der Waals surface area (Å²) in [5.41, 5.74) is 9.65. The van der Waals surface area contributed by atoms with Crippen LogP contribution in [0.2, 0.25) is 0 Å². The highest BCUT2D eigenvalue weighted by Gasteiger charge is 2.24. The number of ether oxygens (including phenoxy) is 2. The standard InChI is InChI=1S/C11H13NO2/c12-6-9-7-1-3-13-10(7)5-11-8(9)2-4-14-11/h5H,1-4,6,12H2. The van der Waals surface area contributed by atoms with Crippen LogP contribution in [0.1, 0.15) is 16.7 Å². The molecular weight excluding hydrogens is 178 g/mol. The van der Waals surface area contributed by atoms with Gasteiger partial charge in [0.1, 0.15) is 11.5 Å². The maximum absolute atomic E-state index is 5.78. The summed E-state index contributed by atoms with van der Waals surface area (Å²) in [4.78, 5) is 0. The van der Waals surface area contributed by atoms with Crippen molar-refractivity contribution >= 4 is 0 Å². The lowest BCUT2D eigenvalue weighted by Gasteiger charge is -2.09. The minimum atomic E-state index is 0.595. The van der Waals surface area contributed by atoms with E-state index in [0.717, 1.165) is 37.6 Å². The van der Waals surface area contributed by atoms with Crippen LogP contribution >= 0.6 is 0 Å². The van der Waals surface area contributed by atoms with Gasteiger partial charge in [0.05, 0.1) is 13.2 Å². The lowest BCUT2D eigenvalue weighted by Crippen LogP contribution is -2.04. The number of benzene rings is 1. The van der Waals surface area contributed by atoms with E-state index in [1.807, 2.05) is 6.07 Å². The van der Waals surface area contributed by atoms with Gasteiger partial charge in [-0.1, -0.05) is 0 Å². The first-order valence-electron chi connectivity index (χ1n) is 5.03. The normalized spacial score (nSPS) is 17.2. The maximum Gasteiger partial charge on any atom is 0.126 e. The minimum absolute atomic E-state index is 0.595. The molecule has 2 aliphatic heterocycles. The average Bonchev–Trinajstić information content (AvgIpc) is 2.80. The van der Waals surface area contributed by atoms with Crippen molar-refractivity contribution in [3.63, 3.8) is 0 Å². The van der Waals surface area contributed by atoms with E-state index in [1.54, 1.807) is 0 Å². The zero-order valence-electron chi connectivity index (χ0n) is 8.01. The van der Waals surface area contributed by atoms with Gasteiger partial charge in [-0.05, 0) is 5.56 Å². The summed E-state index contributed by atoms with van der Waals surface area (Å²) in [6.07, 6.45) is 1.99. The largest absolute Gasteiger partial charge is 0.493 e. The molecule has 0 spiro atoms. The first-order chi connectivity index (χ1) is 6.90. The fourth-order valence-corrected chi connectivity index (χ4v) is 2.35. The van der Waals surface area contributed by atoms with Crippen molar-refractivity contribution < 1.29 is 9.47 Å². The van der Waals surface area contributed by atoms with Crippen molar-refractivity contribution in [3.8, 4) is 11.5 Å². The molecule has 1 aromatic carbocycles. The molecule has 3 rings (SSSR count). The van der Waals surface area contributed by atoms with Crippen molar-refractivity contribution in [2.75, 3.05) is 13.2 Å². The molecule has 3 heteroatoms. The molecule has 0 atom stereocenters. The Bertz CT molecular complexity index is 355. The van der Waals surface area contributed by atoms with Gasteiger partial charge in [0.15, 0.2) is 0 Å². The van der Waals surface area contributed by atoms with E-state index in [1.165, 1.54) is 16.7 Å². The van der Waals surface area contributed by atoms with Crippen LogP contribution in [0.15, 0.2) is 6.07 Å². The Kier molecular flexibility index (Phi) is 1.67. The second kappa shape index (κ2) is 2.89. The van der Waals surface area contributed by atoms with Gasteiger partial charge in [0.2, 0.25) is 0 Å². The smallest absolute Gasteiger partial charge is 0.126 e. The summed E-state index contributed by atoms with van der Waals surface area (Å²) < 4.78 is 11.1. The molecule has 0 radical (unpaired) electrons. The van der Waals surface area contributed by atoms with Gasteiger partial charge >= 0.3 is 0 Å². The highest BCUT2D eigenvalue weighted by molar-refractivity contribution is 5.55. The molecule has 2 aliphatic rings. The second-order valence-electron chi connectivity index (χ2n) is 3.71. The van der Waals surface area contributed by atoms with Crippen LogP contribution < -0.4 is 15.2 Å². The van der Waals surface area contributed by atoms with Gasteiger partial charge in [0.25, 0.3) is 0 Å². The molecule has 0 saturated heterocycles. The number of hydrogen-bond acceptors (Lipinski definition) is 3. The van der Waals surface area contributed by atoms with E-state index >= 15 is 0 Å². The zero-order valence-corrected chi connectivity index (χ0v) is 8.01. The predicted octanol–water partition coefficient (Wildman–Crippen LogP) is 1.02. The fourth-order valence-electron chi connectivity index (χ4n) is 2.35. The summed E-state index contributed by atoms with van der Waals surface area (Å²) in [6.45, 7) is 2.16. The van der Waals surface area contributed by atoms with Crippen LogP contribution in [0.5, 0.6) is 11.5 Å². The van der Waals surface area contributed by atoms with E-state index < -0.39 is 0 Å². The van der Waals surface area contributed by atoms with Gasteiger partial charge in [0, 0.05) is 36.6 Å². The van der Waals surface area contributed by atoms with E-state index in [2.05, 4.69) is 0 Å². The first-order valence-corrected chi connectivity index (χ1v) is 5.03. The summed E-state index contributed by atoms with van der Waals surface area (Å²) in [5.74, 6) is 1.96. The number of fused-ring (bicyclic) bond motifs is 2. The molecule has 74 valence electrons. The van der Waals surface area contributed by atoms with Crippen LogP contribution in [0.3, 0.4) is 0 Å². The molecule has 0 aromatic heterocycles. The molecule has 3 nitrogen and oxygen atoms in total. The quantitative estimate of drug-likeness (QED) is 0.720. The Balaban J connectivity index is 2.24. The lowest BCUT2D eigenvalue weighted by atomic mass is 9.97. The third kappa shape index (κ3) is 0.960. The molecule has 0 saturated carbocycles. The lowest BCUT2D eigenvalue weighted by molar-refractivity contribution is 0.342. The molecule has 2 N–H and O–H groups in total.